The summed E-state index contributed by atoms with van der Waals surface area (Å²) in [5.41, 5.74) is 0.893. The predicted molar refractivity (Wildman–Crippen MR) is 84.9 cm³/mol. The molecule has 0 amide bonds. The van der Waals surface area contributed by atoms with E-state index >= 15 is 0 Å². The van der Waals surface area contributed by atoms with Gasteiger partial charge in [-0.25, -0.2) is 4.68 Å². The van der Waals surface area contributed by atoms with Gasteiger partial charge in [-0.2, -0.15) is 0 Å². The molecule has 0 atom stereocenters. The third kappa shape index (κ3) is 3.20. The first-order valence-corrected chi connectivity index (χ1v) is 8.16. The lowest BCUT2D eigenvalue weighted by Gasteiger charge is -2.00. The smallest absolute Gasteiger partial charge is 0.247 e. The van der Waals surface area contributed by atoms with Crippen LogP contribution in [0.5, 0.6) is 0 Å². The van der Waals surface area contributed by atoms with Gasteiger partial charge in [-0.05, 0) is 34.7 Å². The number of hydrogen-bond acceptors (Lipinski definition) is 8. The number of tetrazole rings is 1. The predicted octanol–water partition coefficient (Wildman–Crippen LogP) is 2.66. The summed E-state index contributed by atoms with van der Waals surface area (Å²) in [4.78, 5) is 0. The molecule has 0 fully saturated rings. The third-order valence-corrected chi connectivity index (χ3v) is 4.14. The van der Waals surface area contributed by atoms with Crippen molar-refractivity contribution < 1.29 is 8.83 Å². The highest BCUT2D eigenvalue weighted by molar-refractivity contribution is 7.98. The summed E-state index contributed by atoms with van der Waals surface area (Å²) >= 11 is 1.43. The van der Waals surface area contributed by atoms with Crippen LogP contribution in [0.2, 0.25) is 0 Å². The van der Waals surface area contributed by atoms with Gasteiger partial charge >= 0.3 is 0 Å². The van der Waals surface area contributed by atoms with Crippen molar-refractivity contribution in [3.63, 3.8) is 0 Å². The lowest BCUT2D eigenvalue weighted by Crippen LogP contribution is -2.03. The van der Waals surface area contributed by atoms with Crippen LogP contribution in [-0.2, 0) is 12.3 Å². The molecule has 0 saturated heterocycles. The molecule has 8 nitrogen and oxygen atoms in total. The van der Waals surface area contributed by atoms with Crippen molar-refractivity contribution in [2.75, 3.05) is 0 Å². The van der Waals surface area contributed by atoms with Crippen LogP contribution in [0.3, 0.4) is 0 Å². The second-order valence-electron chi connectivity index (χ2n) is 4.85. The Balaban J connectivity index is 1.43. The Hall–Kier alpha value is -2.94. The average molecular weight is 340 g/mol. The maximum atomic E-state index is 5.67. The topological polar surface area (TPSA) is 95.7 Å². The minimum Gasteiger partial charge on any atom is -0.467 e. The van der Waals surface area contributed by atoms with E-state index < -0.39 is 0 Å². The molecule has 1 aromatic carbocycles. The van der Waals surface area contributed by atoms with E-state index in [0.717, 1.165) is 11.3 Å². The maximum absolute atomic E-state index is 5.67. The fourth-order valence-electron chi connectivity index (χ4n) is 2.08. The number of hydrogen-bond donors (Lipinski definition) is 0. The Kier molecular flexibility index (Phi) is 4.07. The normalized spacial score (nSPS) is 11.0. The van der Waals surface area contributed by atoms with Crippen LogP contribution in [0, 0.1) is 0 Å². The molecular formula is C15H12N6O2S. The average Bonchev–Trinajstić information content (AvgIpc) is 3.37. The highest BCUT2D eigenvalue weighted by Gasteiger charge is 2.13. The SMILES string of the molecule is c1ccc(-c2nnc(CSc3nnnn3Cc3ccco3)o2)cc1. The number of nitrogens with zero attached hydrogens (tertiary/aromatic N) is 6. The lowest BCUT2D eigenvalue weighted by atomic mass is 10.2. The molecule has 0 spiro atoms. The summed E-state index contributed by atoms with van der Waals surface area (Å²) in [5, 5.41) is 20.5. The van der Waals surface area contributed by atoms with Crippen LogP contribution in [0.25, 0.3) is 11.5 Å². The molecule has 3 heterocycles. The Labute approximate surface area is 140 Å². The number of benzene rings is 1. The molecular weight excluding hydrogens is 328 g/mol. The number of aromatic nitrogens is 6. The molecule has 120 valence electrons. The number of furan rings is 1. The molecule has 0 aliphatic rings. The zero-order chi connectivity index (χ0) is 16.2. The van der Waals surface area contributed by atoms with Crippen LogP contribution in [0.1, 0.15) is 11.7 Å². The van der Waals surface area contributed by atoms with Crippen LogP contribution in [-0.4, -0.2) is 30.4 Å². The third-order valence-electron chi connectivity index (χ3n) is 3.20. The second kappa shape index (κ2) is 6.67. The lowest BCUT2D eigenvalue weighted by molar-refractivity contribution is 0.462. The van der Waals surface area contributed by atoms with Crippen LogP contribution < -0.4 is 0 Å². The molecule has 0 saturated carbocycles. The molecule has 0 aliphatic heterocycles. The maximum Gasteiger partial charge on any atom is 0.247 e. The molecule has 0 N–H and O–H groups in total. The van der Waals surface area contributed by atoms with Gasteiger partial charge < -0.3 is 8.83 Å². The van der Waals surface area contributed by atoms with E-state index in [1.165, 1.54) is 11.8 Å². The highest BCUT2D eigenvalue weighted by atomic mass is 32.2. The summed E-state index contributed by atoms with van der Waals surface area (Å²) in [5.74, 6) is 2.29. The Morgan fingerprint density at radius 3 is 2.75 bits per heavy atom. The summed E-state index contributed by atoms with van der Waals surface area (Å²) in [6.45, 7) is 0.474. The molecule has 0 unspecified atom stereocenters. The zero-order valence-electron chi connectivity index (χ0n) is 12.4. The molecule has 0 bridgehead atoms. The first kappa shape index (κ1) is 14.6. The molecule has 0 radical (unpaired) electrons. The summed E-state index contributed by atoms with van der Waals surface area (Å²) in [7, 11) is 0. The van der Waals surface area contributed by atoms with Gasteiger partial charge in [0.2, 0.25) is 16.9 Å². The van der Waals surface area contributed by atoms with Crippen molar-refractivity contribution in [1.29, 1.82) is 0 Å². The Morgan fingerprint density at radius 1 is 1.00 bits per heavy atom. The van der Waals surface area contributed by atoms with Gasteiger partial charge in [0.25, 0.3) is 0 Å². The molecule has 9 heteroatoms. The van der Waals surface area contributed by atoms with E-state index in [-0.39, 0.29) is 0 Å². The Bertz CT molecular complexity index is 903. The molecule has 4 rings (SSSR count). The largest absolute Gasteiger partial charge is 0.467 e. The van der Waals surface area contributed by atoms with Gasteiger partial charge in [-0.3, -0.25) is 0 Å². The van der Waals surface area contributed by atoms with E-state index in [9.17, 15) is 0 Å². The number of rotatable bonds is 6. The molecule has 0 aliphatic carbocycles. The minimum atomic E-state index is 0.474. The second-order valence-corrected chi connectivity index (χ2v) is 5.80. The summed E-state index contributed by atoms with van der Waals surface area (Å²) < 4.78 is 12.6. The molecule has 24 heavy (non-hydrogen) atoms. The van der Waals surface area contributed by atoms with Gasteiger partial charge in [0.1, 0.15) is 12.3 Å². The minimum absolute atomic E-state index is 0.474. The van der Waals surface area contributed by atoms with Gasteiger partial charge in [0.05, 0.1) is 12.0 Å². The summed E-state index contributed by atoms with van der Waals surface area (Å²) in [6, 6.07) is 13.3. The van der Waals surface area contributed by atoms with Crippen LogP contribution in [0.15, 0.2) is 62.7 Å². The van der Waals surface area contributed by atoms with E-state index in [1.807, 2.05) is 42.5 Å². The van der Waals surface area contributed by atoms with E-state index in [2.05, 4.69) is 25.7 Å². The highest BCUT2D eigenvalue weighted by Crippen LogP contribution is 2.23. The fraction of sp³-hybridized carbons (Fsp3) is 0.133. The fourth-order valence-corrected chi connectivity index (χ4v) is 2.80. The molecule has 4 aromatic rings. The van der Waals surface area contributed by atoms with Gasteiger partial charge in [-0.1, -0.05) is 30.0 Å². The quantitative estimate of drug-likeness (QED) is 0.494. The first-order valence-electron chi connectivity index (χ1n) is 7.17. The van der Waals surface area contributed by atoms with Crippen molar-refractivity contribution in [2.24, 2.45) is 0 Å². The zero-order valence-corrected chi connectivity index (χ0v) is 13.3. The van der Waals surface area contributed by atoms with Crippen molar-refractivity contribution in [1.82, 2.24) is 30.4 Å². The van der Waals surface area contributed by atoms with Crippen molar-refractivity contribution in [3.8, 4) is 11.5 Å². The molecule has 3 aromatic heterocycles. The van der Waals surface area contributed by atoms with E-state index in [0.29, 0.717) is 29.2 Å². The van der Waals surface area contributed by atoms with Gasteiger partial charge in [-0.15, -0.1) is 15.3 Å². The van der Waals surface area contributed by atoms with E-state index in [1.54, 1.807) is 10.9 Å². The number of thioether (sulfide) groups is 1. The van der Waals surface area contributed by atoms with Crippen molar-refractivity contribution in [3.05, 3.63) is 60.4 Å². The van der Waals surface area contributed by atoms with Gasteiger partial charge in [0, 0.05) is 5.56 Å². The van der Waals surface area contributed by atoms with Crippen LogP contribution >= 0.6 is 11.8 Å². The van der Waals surface area contributed by atoms with Crippen molar-refractivity contribution >= 4 is 11.8 Å². The monoisotopic (exact) mass is 340 g/mol. The van der Waals surface area contributed by atoms with E-state index in [4.69, 9.17) is 8.83 Å². The van der Waals surface area contributed by atoms with Gasteiger partial charge in [0.15, 0.2) is 0 Å². The Morgan fingerprint density at radius 2 is 1.92 bits per heavy atom. The standard InChI is InChI=1S/C15H12N6O2S/c1-2-5-11(6-3-1)14-17-16-13(23-14)10-24-15-18-19-20-21(15)9-12-7-4-8-22-12/h1-8H,9-10H2. The summed E-state index contributed by atoms with van der Waals surface area (Å²) in [6.07, 6.45) is 1.62. The first-order chi connectivity index (χ1) is 11.9. The van der Waals surface area contributed by atoms with Crippen LogP contribution in [0.4, 0.5) is 0 Å². The van der Waals surface area contributed by atoms with Crippen molar-refractivity contribution in [2.45, 2.75) is 17.5 Å².